The topological polar surface area (TPSA) is 81.0 Å². The van der Waals surface area contributed by atoms with Crippen LogP contribution in [0.2, 0.25) is 0 Å². The Kier molecular flexibility index (Phi) is 3.66. The molecule has 5 nitrogen and oxygen atoms in total. The van der Waals surface area contributed by atoms with Crippen LogP contribution in [0.1, 0.15) is 16.7 Å². The highest BCUT2D eigenvalue weighted by Crippen LogP contribution is 2.33. The van der Waals surface area contributed by atoms with Crippen LogP contribution in [0.25, 0.3) is 11.3 Å². The zero-order valence-corrected chi connectivity index (χ0v) is 11.3. The van der Waals surface area contributed by atoms with Gasteiger partial charge in [-0.25, -0.2) is 5.10 Å². The zero-order chi connectivity index (χ0) is 14.0. The Morgan fingerprint density at radius 3 is 2.68 bits per heavy atom. The third kappa shape index (κ3) is 2.51. The molecule has 0 saturated heterocycles. The Morgan fingerprint density at radius 1 is 1.32 bits per heavy atom. The highest BCUT2D eigenvalue weighted by atomic mass is 16.5. The molecule has 0 spiro atoms. The normalized spacial score (nSPS) is 10.5. The third-order valence-corrected chi connectivity index (χ3v) is 2.99. The van der Waals surface area contributed by atoms with E-state index in [2.05, 4.69) is 10.2 Å². The van der Waals surface area contributed by atoms with Gasteiger partial charge < -0.3 is 10.5 Å². The quantitative estimate of drug-likeness (QED) is 0.875. The molecule has 0 fully saturated rings. The average Bonchev–Trinajstić information content (AvgIpc) is 2.37. The van der Waals surface area contributed by atoms with E-state index in [0.717, 1.165) is 22.4 Å². The minimum Gasteiger partial charge on any atom is -0.496 e. The number of nitrogens with zero attached hydrogens (tertiary/aromatic N) is 1. The first-order valence-electron chi connectivity index (χ1n) is 6.01. The number of hydrogen-bond donors (Lipinski definition) is 2. The maximum atomic E-state index is 11.3. The predicted molar refractivity (Wildman–Crippen MR) is 74.2 cm³/mol. The summed E-state index contributed by atoms with van der Waals surface area (Å²) in [7, 11) is 1.62. The van der Waals surface area contributed by atoms with Crippen molar-refractivity contribution in [2.75, 3.05) is 7.11 Å². The van der Waals surface area contributed by atoms with Crippen LogP contribution in [-0.4, -0.2) is 17.3 Å². The maximum Gasteiger partial charge on any atom is 0.264 e. The van der Waals surface area contributed by atoms with Crippen molar-refractivity contribution in [3.63, 3.8) is 0 Å². The third-order valence-electron chi connectivity index (χ3n) is 2.99. The molecule has 2 aromatic rings. The molecule has 0 aliphatic carbocycles. The first kappa shape index (κ1) is 13.3. The lowest BCUT2D eigenvalue weighted by Gasteiger charge is -2.14. The molecule has 3 N–H and O–H groups in total. The highest BCUT2D eigenvalue weighted by Gasteiger charge is 2.14. The summed E-state index contributed by atoms with van der Waals surface area (Å²) in [6, 6.07) is 5.49. The number of nitrogens with two attached hydrogens (primary N) is 1. The number of H-pyrrole nitrogens is 1. The SMILES string of the molecule is COc1c(C)cc(C)cc1-c1n[nH]c(=O)cc1CN. The van der Waals surface area contributed by atoms with Crippen molar-refractivity contribution < 1.29 is 4.74 Å². The molecule has 1 aromatic carbocycles. The van der Waals surface area contributed by atoms with Crippen molar-refractivity contribution in [2.24, 2.45) is 5.73 Å². The summed E-state index contributed by atoms with van der Waals surface area (Å²) in [6.07, 6.45) is 0. The van der Waals surface area contributed by atoms with E-state index >= 15 is 0 Å². The number of methoxy groups -OCH3 is 1. The molecule has 0 saturated carbocycles. The van der Waals surface area contributed by atoms with Crippen molar-refractivity contribution in [3.8, 4) is 17.0 Å². The molecule has 2 rings (SSSR count). The standard InChI is InChI=1S/C14H17N3O2/c1-8-4-9(2)14(19-3)11(5-8)13-10(7-15)6-12(18)16-17-13/h4-6H,7,15H2,1-3H3,(H,16,18). The Balaban J connectivity index is 2.74. The summed E-state index contributed by atoms with van der Waals surface area (Å²) in [5.41, 5.74) is 9.76. The molecule has 100 valence electrons. The van der Waals surface area contributed by atoms with Crippen LogP contribution in [0.4, 0.5) is 0 Å². The number of aromatic amines is 1. The number of aromatic nitrogens is 2. The Labute approximate surface area is 111 Å². The van der Waals surface area contributed by atoms with Crippen LogP contribution < -0.4 is 16.0 Å². The molecule has 0 amide bonds. The van der Waals surface area contributed by atoms with Crippen molar-refractivity contribution in [1.82, 2.24) is 10.2 Å². The van der Waals surface area contributed by atoms with Gasteiger partial charge in [0.15, 0.2) is 0 Å². The Bertz CT molecular complexity index is 662. The lowest BCUT2D eigenvalue weighted by molar-refractivity contribution is 0.413. The zero-order valence-electron chi connectivity index (χ0n) is 11.3. The summed E-state index contributed by atoms with van der Waals surface area (Å²) < 4.78 is 5.44. The monoisotopic (exact) mass is 259 g/mol. The molecular weight excluding hydrogens is 242 g/mol. The summed E-state index contributed by atoms with van der Waals surface area (Å²) in [4.78, 5) is 11.3. The lowest BCUT2D eigenvalue weighted by atomic mass is 10.00. The second-order valence-corrected chi connectivity index (χ2v) is 4.47. The maximum absolute atomic E-state index is 11.3. The molecule has 0 radical (unpaired) electrons. The van der Waals surface area contributed by atoms with E-state index in [0.29, 0.717) is 11.3 Å². The fourth-order valence-electron chi connectivity index (χ4n) is 2.23. The van der Waals surface area contributed by atoms with Crippen molar-refractivity contribution >= 4 is 0 Å². The fourth-order valence-corrected chi connectivity index (χ4v) is 2.23. The molecule has 0 aliphatic rings. The first-order valence-corrected chi connectivity index (χ1v) is 6.01. The van der Waals surface area contributed by atoms with Crippen LogP contribution in [0.3, 0.4) is 0 Å². The van der Waals surface area contributed by atoms with Crippen LogP contribution in [0.5, 0.6) is 5.75 Å². The van der Waals surface area contributed by atoms with Crippen molar-refractivity contribution in [2.45, 2.75) is 20.4 Å². The number of nitrogens with one attached hydrogen (secondary N) is 1. The molecule has 0 atom stereocenters. The van der Waals surface area contributed by atoms with Crippen LogP contribution in [0, 0.1) is 13.8 Å². The number of aryl methyl sites for hydroxylation is 2. The van der Waals surface area contributed by atoms with E-state index < -0.39 is 0 Å². The van der Waals surface area contributed by atoms with E-state index in [-0.39, 0.29) is 12.1 Å². The van der Waals surface area contributed by atoms with Crippen LogP contribution in [-0.2, 0) is 6.54 Å². The highest BCUT2D eigenvalue weighted by molar-refractivity contribution is 5.72. The summed E-state index contributed by atoms with van der Waals surface area (Å²) in [6.45, 7) is 4.23. The van der Waals surface area contributed by atoms with Gasteiger partial charge in [0.1, 0.15) is 5.75 Å². The average molecular weight is 259 g/mol. The molecule has 0 unspecified atom stereocenters. The van der Waals surface area contributed by atoms with E-state index in [1.54, 1.807) is 7.11 Å². The number of ether oxygens (including phenoxy) is 1. The van der Waals surface area contributed by atoms with Gasteiger partial charge in [-0.3, -0.25) is 4.79 Å². The predicted octanol–water partition coefficient (Wildman–Crippen LogP) is 1.52. The van der Waals surface area contributed by atoms with Gasteiger partial charge in [-0.15, -0.1) is 0 Å². The molecular formula is C14H17N3O2. The number of benzene rings is 1. The molecule has 5 heteroatoms. The Morgan fingerprint density at radius 2 is 2.05 bits per heavy atom. The number of rotatable bonds is 3. The van der Waals surface area contributed by atoms with E-state index in [4.69, 9.17) is 10.5 Å². The van der Waals surface area contributed by atoms with Gasteiger partial charge in [0, 0.05) is 18.2 Å². The fraction of sp³-hybridized carbons (Fsp3) is 0.286. The molecule has 0 aliphatic heterocycles. The van der Waals surface area contributed by atoms with Gasteiger partial charge in [0.2, 0.25) is 0 Å². The van der Waals surface area contributed by atoms with Crippen molar-refractivity contribution in [3.05, 3.63) is 45.2 Å². The van der Waals surface area contributed by atoms with E-state index in [1.165, 1.54) is 6.07 Å². The minimum atomic E-state index is -0.257. The molecule has 1 heterocycles. The molecule has 0 bridgehead atoms. The van der Waals surface area contributed by atoms with E-state index in [9.17, 15) is 4.79 Å². The largest absolute Gasteiger partial charge is 0.496 e. The summed E-state index contributed by atoms with van der Waals surface area (Å²) in [5.74, 6) is 0.750. The summed E-state index contributed by atoms with van der Waals surface area (Å²) >= 11 is 0. The first-order chi connectivity index (χ1) is 9.06. The second kappa shape index (κ2) is 5.24. The van der Waals surface area contributed by atoms with E-state index in [1.807, 2.05) is 26.0 Å². The van der Waals surface area contributed by atoms with Gasteiger partial charge in [-0.2, -0.15) is 5.10 Å². The minimum absolute atomic E-state index is 0.252. The van der Waals surface area contributed by atoms with Crippen LogP contribution in [0.15, 0.2) is 23.0 Å². The van der Waals surface area contributed by atoms with Gasteiger partial charge in [0.05, 0.1) is 12.8 Å². The molecule has 1 aromatic heterocycles. The number of hydrogen-bond acceptors (Lipinski definition) is 4. The second-order valence-electron chi connectivity index (χ2n) is 4.47. The van der Waals surface area contributed by atoms with Gasteiger partial charge in [-0.05, 0) is 36.6 Å². The van der Waals surface area contributed by atoms with Gasteiger partial charge in [0.25, 0.3) is 5.56 Å². The summed E-state index contributed by atoms with van der Waals surface area (Å²) in [5, 5.41) is 6.56. The lowest BCUT2D eigenvalue weighted by Crippen LogP contribution is -2.13. The Hall–Kier alpha value is -2.14. The van der Waals surface area contributed by atoms with Crippen LogP contribution >= 0.6 is 0 Å². The van der Waals surface area contributed by atoms with Crippen molar-refractivity contribution in [1.29, 1.82) is 0 Å². The van der Waals surface area contributed by atoms with Gasteiger partial charge >= 0.3 is 0 Å². The molecule has 19 heavy (non-hydrogen) atoms. The van der Waals surface area contributed by atoms with Gasteiger partial charge in [-0.1, -0.05) is 6.07 Å². The smallest absolute Gasteiger partial charge is 0.264 e.